The highest BCUT2D eigenvalue weighted by atomic mass is 35.5. The van der Waals surface area contributed by atoms with Gasteiger partial charge in [0.1, 0.15) is 11.5 Å². The molecule has 0 spiro atoms. The van der Waals surface area contributed by atoms with Gasteiger partial charge in [0.2, 0.25) is 0 Å². The van der Waals surface area contributed by atoms with E-state index in [0.717, 1.165) is 11.1 Å². The van der Waals surface area contributed by atoms with Crippen molar-refractivity contribution in [3.05, 3.63) is 58.6 Å². The van der Waals surface area contributed by atoms with Crippen LogP contribution in [0.25, 0.3) is 0 Å². The Balaban J connectivity index is 2.23. The predicted octanol–water partition coefficient (Wildman–Crippen LogP) is 3.64. The summed E-state index contributed by atoms with van der Waals surface area (Å²) in [6, 6.07) is 12.7. The van der Waals surface area contributed by atoms with E-state index < -0.39 is 0 Å². The van der Waals surface area contributed by atoms with E-state index in [1.165, 1.54) is 0 Å². The summed E-state index contributed by atoms with van der Waals surface area (Å²) in [7, 11) is 0. The maximum atomic E-state index is 9.08. The minimum absolute atomic E-state index is 0.0193. The van der Waals surface area contributed by atoms with Gasteiger partial charge in [-0.05, 0) is 42.3 Å². The first-order chi connectivity index (χ1) is 9.10. The third-order valence-electron chi connectivity index (χ3n) is 2.79. The van der Waals surface area contributed by atoms with Gasteiger partial charge in [-0.2, -0.15) is 0 Å². The lowest BCUT2D eigenvalue weighted by molar-refractivity contribution is 0.281. The van der Waals surface area contributed by atoms with Crippen LogP contribution in [0.2, 0.25) is 5.02 Å². The van der Waals surface area contributed by atoms with Crippen molar-refractivity contribution in [2.45, 2.75) is 19.6 Å². The molecule has 2 rings (SSSR count). The SMILES string of the molecule is C[C@@H](N)c1ccc(Oc2cccc(CO)c2)c(Cl)c1. The number of hydrogen-bond acceptors (Lipinski definition) is 3. The molecule has 4 heteroatoms. The van der Waals surface area contributed by atoms with Crippen LogP contribution in [-0.2, 0) is 6.61 Å². The largest absolute Gasteiger partial charge is 0.456 e. The molecule has 0 saturated carbocycles. The van der Waals surface area contributed by atoms with Crippen molar-refractivity contribution in [2.75, 3.05) is 0 Å². The van der Waals surface area contributed by atoms with Gasteiger partial charge >= 0.3 is 0 Å². The van der Waals surface area contributed by atoms with Crippen molar-refractivity contribution >= 4 is 11.6 Å². The molecule has 0 bridgehead atoms. The molecule has 2 aromatic rings. The summed E-state index contributed by atoms with van der Waals surface area (Å²) in [6.07, 6.45) is 0. The third-order valence-corrected chi connectivity index (χ3v) is 3.09. The monoisotopic (exact) mass is 277 g/mol. The Kier molecular flexibility index (Phi) is 4.43. The van der Waals surface area contributed by atoms with E-state index in [4.69, 9.17) is 27.2 Å². The van der Waals surface area contributed by atoms with Crippen molar-refractivity contribution in [1.29, 1.82) is 0 Å². The number of halogens is 1. The van der Waals surface area contributed by atoms with Crippen LogP contribution in [0, 0.1) is 0 Å². The lowest BCUT2D eigenvalue weighted by atomic mass is 10.1. The smallest absolute Gasteiger partial charge is 0.146 e. The second-order valence-electron chi connectivity index (χ2n) is 4.39. The number of ether oxygens (including phenoxy) is 1. The molecule has 0 aliphatic heterocycles. The van der Waals surface area contributed by atoms with Gasteiger partial charge in [-0.3, -0.25) is 0 Å². The van der Waals surface area contributed by atoms with E-state index >= 15 is 0 Å². The zero-order chi connectivity index (χ0) is 13.8. The Hall–Kier alpha value is -1.55. The highest BCUT2D eigenvalue weighted by molar-refractivity contribution is 6.32. The fourth-order valence-corrected chi connectivity index (χ4v) is 1.94. The number of rotatable bonds is 4. The van der Waals surface area contributed by atoms with Gasteiger partial charge in [0, 0.05) is 6.04 Å². The van der Waals surface area contributed by atoms with Gasteiger partial charge in [0.15, 0.2) is 0 Å². The van der Waals surface area contributed by atoms with Crippen LogP contribution >= 0.6 is 11.6 Å². The maximum absolute atomic E-state index is 9.08. The number of aliphatic hydroxyl groups excluding tert-OH is 1. The van der Waals surface area contributed by atoms with E-state index in [-0.39, 0.29) is 12.6 Å². The van der Waals surface area contributed by atoms with Crippen molar-refractivity contribution in [3.8, 4) is 11.5 Å². The zero-order valence-corrected chi connectivity index (χ0v) is 11.4. The van der Waals surface area contributed by atoms with E-state index in [2.05, 4.69) is 0 Å². The fourth-order valence-electron chi connectivity index (χ4n) is 1.72. The third kappa shape index (κ3) is 3.47. The summed E-state index contributed by atoms with van der Waals surface area (Å²) in [5.41, 5.74) is 7.55. The van der Waals surface area contributed by atoms with Gasteiger partial charge < -0.3 is 15.6 Å². The molecule has 3 nitrogen and oxygen atoms in total. The Morgan fingerprint density at radius 1 is 1.26 bits per heavy atom. The molecule has 0 aliphatic rings. The molecule has 0 heterocycles. The molecule has 19 heavy (non-hydrogen) atoms. The average molecular weight is 278 g/mol. The molecule has 0 unspecified atom stereocenters. The van der Waals surface area contributed by atoms with Gasteiger partial charge in [0.05, 0.1) is 11.6 Å². The zero-order valence-electron chi connectivity index (χ0n) is 10.6. The molecular formula is C15H16ClNO2. The molecular weight excluding hydrogens is 262 g/mol. The molecule has 0 saturated heterocycles. The molecule has 0 amide bonds. The molecule has 2 aromatic carbocycles. The van der Waals surface area contributed by atoms with Crippen molar-refractivity contribution in [2.24, 2.45) is 5.73 Å². The van der Waals surface area contributed by atoms with Crippen LogP contribution in [0.3, 0.4) is 0 Å². The van der Waals surface area contributed by atoms with Gasteiger partial charge in [-0.1, -0.05) is 29.8 Å². The minimum atomic E-state index is -0.0655. The maximum Gasteiger partial charge on any atom is 0.146 e. The van der Waals surface area contributed by atoms with Crippen LogP contribution in [0.5, 0.6) is 11.5 Å². The highest BCUT2D eigenvalue weighted by Crippen LogP contribution is 2.31. The van der Waals surface area contributed by atoms with Crippen molar-refractivity contribution in [1.82, 2.24) is 0 Å². The highest BCUT2D eigenvalue weighted by Gasteiger charge is 2.07. The first-order valence-electron chi connectivity index (χ1n) is 6.03. The quantitative estimate of drug-likeness (QED) is 0.897. The Morgan fingerprint density at radius 3 is 2.68 bits per heavy atom. The second-order valence-corrected chi connectivity index (χ2v) is 4.79. The molecule has 1 atom stereocenters. The molecule has 100 valence electrons. The predicted molar refractivity (Wildman–Crippen MR) is 76.5 cm³/mol. The van der Waals surface area contributed by atoms with E-state index in [9.17, 15) is 0 Å². The number of hydrogen-bond donors (Lipinski definition) is 2. The van der Waals surface area contributed by atoms with Gasteiger partial charge in [-0.25, -0.2) is 0 Å². The number of benzene rings is 2. The van der Waals surface area contributed by atoms with Crippen LogP contribution in [0.4, 0.5) is 0 Å². The first-order valence-corrected chi connectivity index (χ1v) is 6.40. The minimum Gasteiger partial charge on any atom is -0.456 e. The normalized spacial score (nSPS) is 12.2. The Bertz CT molecular complexity index is 570. The second kappa shape index (κ2) is 6.06. The number of nitrogens with two attached hydrogens (primary N) is 1. The summed E-state index contributed by atoms with van der Waals surface area (Å²) in [6.45, 7) is 1.88. The van der Waals surface area contributed by atoms with Gasteiger partial charge in [-0.15, -0.1) is 0 Å². The van der Waals surface area contributed by atoms with Crippen LogP contribution < -0.4 is 10.5 Å². The van der Waals surface area contributed by atoms with E-state index in [1.807, 2.05) is 31.2 Å². The summed E-state index contributed by atoms with van der Waals surface area (Å²) >= 11 is 6.17. The average Bonchev–Trinajstić information content (AvgIpc) is 2.41. The molecule has 3 N–H and O–H groups in total. The summed E-state index contributed by atoms with van der Waals surface area (Å²) in [4.78, 5) is 0. The lowest BCUT2D eigenvalue weighted by Crippen LogP contribution is -2.04. The molecule has 0 aromatic heterocycles. The van der Waals surface area contributed by atoms with Crippen LogP contribution in [0.1, 0.15) is 24.1 Å². The van der Waals surface area contributed by atoms with Crippen LogP contribution in [-0.4, -0.2) is 5.11 Å². The summed E-state index contributed by atoms with van der Waals surface area (Å²) in [5, 5.41) is 9.60. The Morgan fingerprint density at radius 2 is 2.05 bits per heavy atom. The fraction of sp³-hybridized carbons (Fsp3) is 0.200. The van der Waals surface area contributed by atoms with Crippen LogP contribution in [0.15, 0.2) is 42.5 Å². The van der Waals surface area contributed by atoms with Crippen molar-refractivity contribution in [3.63, 3.8) is 0 Å². The van der Waals surface area contributed by atoms with Gasteiger partial charge in [0.25, 0.3) is 0 Å². The number of aliphatic hydroxyl groups is 1. The lowest BCUT2D eigenvalue weighted by Gasteiger charge is -2.11. The summed E-state index contributed by atoms with van der Waals surface area (Å²) < 4.78 is 5.70. The Labute approximate surface area is 117 Å². The molecule has 0 radical (unpaired) electrons. The van der Waals surface area contributed by atoms with E-state index in [1.54, 1.807) is 18.2 Å². The standard InChI is InChI=1S/C15H16ClNO2/c1-10(17)12-5-6-15(14(16)8-12)19-13-4-2-3-11(7-13)9-18/h2-8,10,18H,9,17H2,1H3/t10-/m1/s1. The van der Waals surface area contributed by atoms with Crippen molar-refractivity contribution < 1.29 is 9.84 Å². The van der Waals surface area contributed by atoms with E-state index in [0.29, 0.717) is 16.5 Å². The molecule has 0 fully saturated rings. The summed E-state index contributed by atoms with van der Waals surface area (Å²) in [5.74, 6) is 1.21. The topological polar surface area (TPSA) is 55.5 Å². The molecule has 0 aliphatic carbocycles. The first kappa shape index (κ1) is 13.9.